The summed E-state index contributed by atoms with van der Waals surface area (Å²) < 4.78 is 1.13. The molecular formula is C18H21BrSi. The predicted octanol–water partition coefficient (Wildman–Crippen LogP) is 6.00. The van der Waals surface area contributed by atoms with Gasteiger partial charge in [-0.15, -0.1) is 5.54 Å². The fraction of sp³-hybridized carbons (Fsp3) is 0.333. The Kier molecular flexibility index (Phi) is 5.07. The number of rotatable bonds is 3. The van der Waals surface area contributed by atoms with Crippen LogP contribution in [0.3, 0.4) is 0 Å². The molecule has 104 valence electrons. The van der Waals surface area contributed by atoms with Gasteiger partial charge in [-0.2, -0.15) is 0 Å². The van der Waals surface area contributed by atoms with Crippen LogP contribution in [-0.2, 0) is 0 Å². The van der Waals surface area contributed by atoms with Crippen LogP contribution in [0.2, 0.25) is 18.1 Å². The topological polar surface area (TPSA) is 0 Å². The van der Waals surface area contributed by atoms with Crippen molar-refractivity contribution in [3.8, 4) is 11.5 Å². The first-order valence-electron chi connectivity index (χ1n) is 7.36. The summed E-state index contributed by atoms with van der Waals surface area (Å²) in [6.45, 7) is 6.88. The van der Waals surface area contributed by atoms with Gasteiger partial charge in [0.2, 0.25) is 0 Å². The maximum absolute atomic E-state index is 3.73. The lowest BCUT2D eigenvalue weighted by Gasteiger charge is -2.20. The minimum atomic E-state index is -1.37. The van der Waals surface area contributed by atoms with Crippen molar-refractivity contribution >= 4 is 34.8 Å². The van der Waals surface area contributed by atoms with Gasteiger partial charge in [0.05, 0.1) is 0 Å². The summed E-state index contributed by atoms with van der Waals surface area (Å²) in [7, 11) is -1.37. The minimum Gasteiger partial charge on any atom is -0.126 e. The molecule has 0 radical (unpaired) electrons. The molecule has 0 fully saturated rings. The van der Waals surface area contributed by atoms with Gasteiger partial charge >= 0.3 is 0 Å². The second-order valence-electron chi connectivity index (χ2n) is 5.24. The molecule has 0 aliphatic rings. The van der Waals surface area contributed by atoms with E-state index in [2.05, 4.69) is 84.6 Å². The molecule has 0 saturated carbocycles. The van der Waals surface area contributed by atoms with E-state index in [0.29, 0.717) is 0 Å². The highest BCUT2D eigenvalue weighted by Gasteiger charge is 2.24. The summed E-state index contributed by atoms with van der Waals surface area (Å²) in [5, 5.41) is 2.51. The summed E-state index contributed by atoms with van der Waals surface area (Å²) in [5.41, 5.74) is 4.78. The van der Waals surface area contributed by atoms with Crippen LogP contribution in [0, 0.1) is 11.5 Å². The largest absolute Gasteiger partial charge is 0.138 e. The van der Waals surface area contributed by atoms with Crippen LogP contribution in [-0.4, -0.2) is 8.07 Å². The summed E-state index contributed by atoms with van der Waals surface area (Å²) >= 11 is 3.73. The van der Waals surface area contributed by atoms with Crippen molar-refractivity contribution in [2.45, 2.75) is 38.9 Å². The van der Waals surface area contributed by atoms with Gasteiger partial charge in [0.15, 0.2) is 0 Å². The molecule has 2 aromatic rings. The zero-order valence-corrected chi connectivity index (χ0v) is 15.0. The first-order valence-corrected chi connectivity index (χ1v) is 10.8. The highest BCUT2D eigenvalue weighted by atomic mass is 79.9. The van der Waals surface area contributed by atoms with Crippen LogP contribution < -0.4 is 0 Å². The lowest BCUT2D eigenvalue weighted by Crippen LogP contribution is -2.29. The van der Waals surface area contributed by atoms with Gasteiger partial charge in [0.1, 0.15) is 8.07 Å². The van der Waals surface area contributed by atoms with Crippen molar-refractivity contribution in [1.29, 1.82) is 0 Å². The molecule has 0 N–H and O–H groups in total. The molecule has 0 aliphatic carbocycles. The molecule has 0 unspecified atom stereocenters. The third-order valence-electron chi connectivity index (χ3n) is 4.36. The maximum atomic E-state index is 3.73. The Hall–Kier alpha value is -1.04. The average molecular weight is 345 g/mol. The number of hydrogen-bond donors (Lipinski definition) is 0. The molecule has 2 heteroatoms. The highest BCUT2D eigenvalue weighted by molar-refractivity contribution is 9.10. The fourth-order valence-electron chi connectivity index (χ4n) is 2.55. The quantitative estimate of drug-likeness (QED) is 0.473. The van der Waals surface area contributed by atoms with Gasteiger partial charge in [-0.25, -0.2) is 0 Å². The maximum Gasteiger partial charge on any atom is 0.138 e. The highest BCUT2D eigenvalue weighted by Crippen LogP contribution is 2.27. The van der Waals surface area contributed by atoms with E-state index in [-0.39, 0.29) is 0 Å². The molecule has 0 amide bonds. The van der Waals surface area contributed by atoms with Crippen molar-refractivity contribution in [3.05, 3.63) is 46.4 Å². The van der Waals surface area contributed by atoms with Crippen molar-refractivity contribution < 1.29 is 0 Å². The molecule has 2 aromatic carbocycles. The molecule has 0 heterocycles. The van der Waals surface area contributed by atoms with Crippen molar-refractivity contribution in [2.75, 3.05) is 0 Å². The molecule has 0 bridgehead atoms. The van der Waals surface area contributed by atoms with Gasteiger partial charge in [-0.3, -0.25) is 0 Å². The van der Waals surface area contributed by atoms with Crippen LogP contribution in [0.4, 0.5) is 0 Å². The lowest BCUT2D eigenvalue weighted by molar-refractivity contribution is 1.20. The lowest BCUT2D eigenvalue weighted by atomic mass is 10.1. The van der Waals surface area contributed by atoms with Crippen LogP contribution in [0.15, 0.2) is 40.9 Å². The van der Waals surface area contributed by atoms with Crippen LogP contribution in [0.25, 0.3) is 10.8 Å². The summed E-state index contributed by atoms with van der Waals surface area (Å²) in [4.78, 5) is 0. The zero-order valence-electron chi connectivity index (χ0n) is 12.5. The molecule has 0 spiro atoms. The number of hydrogen-bond acceptors (Lipinski definition) is 0. The number of benzene rings is 2. The molecule has 20 heavy (non-hydrogen) atoms. The minimum absolute atomic E-state index is 1.12. The van der Waals surface area contributed by atoms with E-state index in [0.717, 1.165) is 10.0 Å². The third-order valence-corrected chi connectivity index (χ3v) is 9.93. The van der Waals surface area contributed by atoms with Crippen molar-refractivity contribution in [3.63, 3.8) is 0 Å². The summed E-state index contributed by atoms with van der Waals surface area (Å²) in [5.74, 6) is 3.46. The van der Waals surface area contributed by atoms with Crippen LogP contribution in [0.1, 0.15) is 26.3 Å². The first kappa shape index (κ1) is 15.3. The van der Waals surface area contributed by atoms with Gasteiger partial charge in [0, 0.05) is 10.0 Å². The molecule has 0 aromatic heterocycles. The second kappa shape index (κ2) is 6.61. The van der Waals surface area contributed by atoms with Crippen molar-refractivity contribution in [2.24, 2.45) is 0 Å². The molecule has 2 rings (SSSR count). The molecule has 0 saturated heterocycles. The fourth-order valence-corrected chi connectivity index (χ4v) is 5.57. The Morgan fingerprint density at radius 3 is 2.25 bits per heavy atom. The van der Waals surface area contributed by atoms with E-state index in [1.165, 1.54) is 28.9 Å². The monoisotopic (exact) mass is 344 g/mol. The van der Waals surface area contributed by atoms with Crippen LogP contribution in [0.5, 0.6) is 0 Å². The predicted molar refractivity (Wildman–Crippen MR) is 95.7 cm³/mol. The third kappa shape index (κ3) is 3.00. The Labute approximate surface area is 131 Å². The van der Waals surface area contributed by atoms with Gasteiger partial charge in [-0.05, 0) is 50.9 Å². The van der Waals surface area contributed by atoms with E-state index in [1.54, 1.807) is 0 Å². The summed E-state index contributed by atoms with van der Waals surface area (Å²) in [6.07, 6.45) is 0. The zero-order chi connectivity index (χ0) is 14.6. The second-order valence-corrected chi connectivity index (χ2v) is 11.0. The number of halogens is 1. The Morgan fingerprint density at radius 2 is 1.60 bits per heavy atom. The van der Waals surface area contributed by atoms with Gasteiger partial charge in [-0.1, -0.05) is 57.0 Å². The number of fused-ring (bicyclic) bond motifs is 1. The van der Waals surface area contributed by atoms with E-state index < -0.39 is 8.07 Å². The van der Waals surface area contributed by atoms with E-state index in [9.17, 15) is 0 Å². The Balaban J connectivity index is 2.48. The van der Waals surface area contributed by atoms with E-state index in [1.807, 2.05) is 0 Å². The normalized spacial score (nSPS) is 11.2. The molecular weight excluding hydrogens is 324 g/mol. The smallest absolute Gasteiger partial charge is 0.126 e. The van der Waals surface area contributed by atoms with Crippen molar-refractivity contribution in [1.82, 2.24) is 0 Å². The van der Waals surface area contributed by atoms with Crippen LogP contribution >= 0.6 is 15.9 Å². The average Bonchev–Trinajstić information content (AvgIpc) is 2.51. The van der Waals surface area contributed by atoms with E-state index in [4.69, 9.17) is 0 Å². The first-order chi connectivity index (χ1) is 9.65. The SMILES string of the molecule is CC[Si](C#Cc1ccc2ccccc2c1Br)(CC)CC. The van der Waals surface area contributed by atoms with E-state index >= 15 is 0 Å². The Bertz CT molecular complexity index is 652. The van der Waals surface area contributed by atoms with Gasteiger partial charge in [0.25, 0.3) is 0 Å². The molecule has 0 atom stereocenters. The standard InChI is InChI=1S/C18H21BrSi/c1-4-20(5-2,6-3)14-13-16-12-11-15-9-7-8-10-17(15)18(16)19/h7-12H,4-6H2,1-3H3. The van der Waals surface area contributed by atoms with Gasteiger partial charge < -0.3 is 0 Å². The Morgan fingerprint density at radius 1 is 0.950 bits per heavy atom. The molecule has 0 nitrogen and oxygen atoms in total. The summed E-state index contributed by atoms with van der Waals surface area (Å²) in [6, 6.07) is 16.5. The molecule has 0 aliphatic heterocycles.